The highest BCUT2D eigenvalue weighted by molar-refractivity contribution is 7.15. The fourth-order valence-electron chi connectivity index (χ4n) is 2.15. The van der Waals surface area contributed by atoms with Crippen LogP contribution in [-0.2, 0) is 9.53 Å². The summed E-state index contributed by atoms with van der Waals surface area (Å²) < 4.78 is 5.19. The van der Waals surface area contributed by atoms with E-state index in [9.17, 15) is 14.4 Å². The number of carbonyl (C=O) groups excluding carboxylic acids is 3. The molecule has 5 nitrogen and oxygen atoms in total. The molecule has 1 aromatic carbocycles. The molecule has 0 saturated carbocycles. The number of nitrogens with one attached hydrogen (secondary N) is 1. The van der Waals surface area contributed by atoms with Crippen molar-refractivity contribution in [3.8, 4) is 0 Å². The Bertz CT molecular complexity index is 774. The van der Waals surface area contributed by atoms with Gasteiger partial charge in [0, 0.05) is 5.69 Å². The first-order chi connectivity index (χ1) is 11.3. The van der Waals surface area contributed by atoms with Crippen molar-refractivity contribution >= 4 is 34.7 Å². The van der Waals surface area contributed by atoms with Crippen LogP contribution in [0.5, 0.6) is 0 Å². The summed E-state index contributed by atoms with van der Waals surface area (Å²) in [5.41, 5.74) is 2.60. The number of carbonyl (C=O) groups is 3. The Morgan fingerprint density at radius 1 is 1.04 bits per heavy atom. The van der Waals surface area contributed by atoms with Crippen molar-refractivity contribution in [1.82, 2.24) is 0 Å². The van der Waals surface area contributed by atoms with Crippen LogP contribution >= 0.6 is 11.3 Å². The van der Waals surface area contributed by atoms with Gasteiger partial charge in [0.05, 0.1) is 4.88 Å². The number of esters is 1. The Morgan fingerprint density at radius 3 is 2.17 bits per heavy atom. The van der Waals surface area contributed by atoms with E-state index in [1.165, 1.54) is 19.9 Å². The van der Waals surface area contributed by atoms with E-state index in [1.54, 1.807) is 6.07 Å². The van der Waals surface area contributed by atoms with Gasteiger partial charge in [-0.15, -0.1) is 11.3 Å². The number of ketones is 1. The molecule has 0 saturated heterocycles. The first-order valence-electron chi connectivity index (χ1n) is 7.48. The van der Waals surface area contributed by atoms with Crippen LogP contribution in [0.15, 0.2) is 30.3 Å². The summed E-state index contributed by atoms with van der Waals surface area (Å²) in [6.45, 7) is 6.74. The largest absolute Gasteiger partial charge is 0.448 e. The Morgan fingerprint density at radius 2 is 1.62 bits per heavy atom. The van der Waals surface area contributed by atoms with Gasteiger partial charge in [-0.1, -0.05) is 18.2 Å². The van der Waals surface area contributed by atoms with Crippen molar-refractivity contribution in [2.45, 2.75) is 33.8 Å². The normalized spacial score (nSPS) is 11.7. The number of Topliss-reactive ketones (excluding diaryl/α,β-unsaturated/α-hetero) is 1. The van der Waals surface area contributed by atoms with Gasteiger partial charge in [-0.3, -0.25) is 9.59 Å². The lowest BCUT2D eigenvalue weighted by Crippen LogP contribution is -2.30. The second-order valence-electron chi connectivity index (χ2n) is 5.52. The molecule has 2 aromatic rings. The zero-order valence-electron chi connectivity index (χ0n) is 14.0. The summed E-state index contributed by atoms with van der Waals surface area (Å²) >= 11 is 1.06. The molecule has 126 valence electrons. The van der Waals surface area contributed by atoms with Crippen LogP contribution in [0.25, 0.3) is 0 Å². The van der Waals surface area contributed by atoms with Gasteiger partial charge < -0.3 is 10.1 Å². The van der Waals surface area contributed by atoms with E-state index in [0.29, 0.717) is 9.75 Å². The van der Waals surface area contributed by atoms with Crippen LogP contribution < -0.4 is 5.32 Å². The number of rotatable bonds is 5. The van der Waals surface area contributed by atoms with Crippen LogP contribution in [0.4, 0.5) is 5.69 Å². The molecular weight excluding hydrogens is 326 g/mol. The highest BCUT2D eigenvalue weighted by atomic mass is 32.1. The predicted molar refractivity (Wildman–Crippen MR) is 93.7 cm³/mol. The number of hydrogen-bond donors (Lipinski definition) is 1. The Hall–Kier alpha value is -2.47. The van der Waals surface area contributed by atoms with Gasteiger partial charge in [-0.05, 0) is 51.0 Å². The smallest absolute Gasteiger partial charge is 0.349 e. The zero-order chi connectivity index (χ0) is 17.9. The van der Waals surface area contributed by atoms with Crippen molar-refractivity contribution in [2.24, 2.45) is 0 Å². The monoisotopic (exact) mass is 345 g/mol. The number of benzene rings is 1. The molecule has 1 unspecified atom stereocenters. The summed E-state index contributed by atoms with van der Waals surface area (Å²) in [7, 11) is 0. The van der Waals surface area contributed by atoms with Gasteiger partial charge in [0.15, 0.2) is 11.9 Å². The third kappa shape index (κ3) is 4.08. The number of para-hydroxylation sites is 1. The van der Waals surface area contributed by atoms with E-state index >= 15 is 0 Å². The van der Waals surface area contributed by atoms with Crippen molar-refractivity contribution in [2.75, 3.05) is 5.32 Å². The SMILES string of the molecule is CC(=O)c1ccc(C(=O)OC(C)C(=O)Nc2c(C)cccc2C)s1. The van der Waals surface area contributed by atoms with Gasteiger partial charge in [0.2, 0.25) is 0 Å². The van der Waals surface area contributed by atoms with E-state index in [-0.39, 0.29) is 5.78 Å². The molecular formula is C18H19NO4S. The maximum atomic E-state index is 12.3. The predicted octanol–water partition coefficient (Wildman–Crippen LogP) is 3.75. The standard InChI is InChI=1S/C18H19NO4S/c1-10-6-5-7-11(2)16(10)19-17(21)13(4)23-18(22)15-9-8-14(24-15)12(3)20/h5-9,13H,1-4H3,(H,19,21). The summed E-state index contributed by atoms with van der Waals surface area (Å²) in [6, 6.07) is 8.81. The molecule has 0 radical (unpaired) electrons. The summed E-state index contributed by atoms with van der Waals surface area (Å²) in [6.07, 6.45) is -0.945. The molecule has 1 atom stereocenters. The van der Waals surface area contributed by atoms with E-state index in [0.717, 1.165) is 28.2 Å². The Balaban J connectivity index is 2.03. The molecule has 1 heterocycles. The average Bonchev–Trinajstić information content (AvgIpc) is 3.01. The topological polar surface area (TPSA) is 72.5 Å². The molecule has 1 N–H and O–H groups in total. The Kier molecular flexibility index (Phi) is 5.51. The average molecular weight is 345 g/mol. The van der Waals surface area contributed by atoms with Crippen LogP contribution in [0.2, 0.25) is 0 Å². The molecule has 0 aliphatic rings. The van der Waals surface area contributed by atoms with Crippen LogP contribution in [-0.4, -0.2) is 23.8 Å². The number of thiophene rings is 1. The summed E-state index contributed by atoms with van der Waals surface area (Å²) in [5, 5.41) is 2.79. The van der Waals surface area contributed by atoms with Gasteiger partial charge in [0.1, 0.15) is 4.88 Å². The molecule has 0 spiro atoms. The minimum atomic E-state index is -0.945. The van der Waals surface area contributed by atoms with E-state index in [2.05, 4.69) is 5.32 Å². The van der Waals surface area contributed by atoms with Gasteiger partial charge in [-0.2, -0.15) is 0 Å². The number of anilines is 1. The first-order valence-corrected chi connectivity index (χ1v) is 8.30. The highest BCUT2D eigenvalue weighted by Gasteiger charge is 2.21. The maximum absolute atomic E-state index is 12.3. The molecule has 2 rings (SSSR count). The maximum Gasteiger partial charge on any atom is 0.349 e. The fraction of sp³-hybridized carbons (Fsp3) is 0.278. The lowest BCUT2D eigenvalue weighted by Gasteiger charge is -2.15. The third-order valence-corrected chi connectivity index (χ3v) is 4.70. The molecule has 6 heteroatoms. The second-order valence-corrected chi connectivity index (χ2v) is 6.61. The highest BCUT2D eigenvalue weighted by Crippen LogP contribution is 2.21. The molecule has 0 aliphatic heterocycles. The molecule has 0 fully saturated rings. The number of aryl methyl sites for hydroxylation is 2. The van der Waals surface area contributed by atoms with Crippen molar-refractivity contribution in [3.63, 3.8) is 0 Å². The molecule has 1 amide bonds. The third-order valence-electron chi connectivity index (χ3n) is 3.54. The molecule has 0 bridgehead atoms. The van der Waals surface area contributed by atoms with Gasteiger partial charge in [-0.25, -0.2) is 4.79 Å². The van der Waals surface area contributed by atoms with Gasteiger partial charge >= 0.3 is 5.97 Å². The number of amides is 1. The number of ether oxygens (including phenoxy) is 1. The van der Waals surface area contributed by atoms with Crippen LogP contribution in [0.3, 0.4) is 0 Å². The lowest BCUT2D eigenvalue weighted by molar-refractivity contribution is -0.123. The lowest BCUT2D eigenvalue weighted by atomic mass is 10.1. The zero-order valence-corrected chi connectivity index (χ0v) is 14.8. The van der Waals surface area contributed by atoms with Gasteiger partial charge in [0.25, 0.3) is 5.91 Å². The molecule has 0 aliphatic carbocycles. The fourth-order valence-corrected chi connectivity index (χ4v) is 2.93. The Labute approximate surface area is 144 Å². The quantitative estimate of drug-likeness (QED) is 0.662. The molecule has 24 heavy (non-hydrogen) atoms. The van der Waals surface area contributed by atoms with E-state index in [4.69, 9.17) is 4.74 Å². The summed E-state index contributed by atoms with van der Waals surface area (Å²) in [5.74, 6) is -1.12. The van der Waals surface area contributed by atoms with E-state index < -0.39 is 18.0 Å². The van der Waals surface area contributed by atoms with Crippen LogP contribution in [0, 0.1) is 13.8 Å². The number of hydrogen-bond acceptors (Lipinski definition) is 5. The van der Waals surface area contributed by atoms with E-state index in [1.807, 2.05) is 32.0 Å². The first kappa shape index (κ1) is 17.9. The second kappa shape index (κ2) is 7.40. The minimum Gasteiger partial charge on any atom is -0.448 e. The van der Waals surface area contributed by atoms with Crippen molar-refractivity contribution < 1.29 is 19.1 Å². The summed E-state index contributed by atoms with van der Waals surface area (Å²) in [4.78, 5) is 36.4. The van der Waals surface area contributed by atoms with Crippen molar-refractivity contribution in [3.05, 3.63) is 51.2 Å². The molecule has 1 aromatic heterocycles. The minimum absolute atomic E-state index is 0.111. The van der Waals surface area contributed by atoms with Crippen LogP contribution in [0.1, 0.15) is 44.3 Å². The van der Waals surface area contributed by atoms with Crippen molar-refractivity contribution in [1.29, 1.82) is 0 Å².